The molecular formula is C18H24N4O2. The summed E-state index contributed by atoms with van der Waals surface area (Å²) in [6.45, 7) is 4.52. The number of ether oxygens (including phenoxy) is 1. The number of nitrogens with one attached hydrogen (secondary N) is 1. The number of rotatable bonds is 7. The van der Waals surface area contributed by atoms with Crippen LogP contribution >= 0.6 is 0 Å². The van der Waals surface area contributed by atoms with Crippen LogP contribution in [0, 0.1) is 6.92 Å². The van der Waals surface area contributed by atoms with Crippen LogP contribution in [0.4, 0.5) is 5.95 Å². The highest BCUT2D eigenvalue weighted by molar-refractivity contribution is 6.01. The Bertz CT molecular complexity index is 716. The molecule has 0 spiro atoms. The molecule has 0 radical (unpaired) electrons. The fourth-order valence-corrected chi connectivity index (χ4v) is 2.51. The summed E-state index contributed by atoms with van der Waals surface area (Å²) in [6.07, 6.45) is 3.23. The molecular weight excluding hydrogens is 304 g/mol. The van der Waals surface area contributed by atoms with Gasteiger partial charge < -0.3 is 15.8 Å². The Morgan fingerprint density at radius 3 is 2.71 bits per heavy atom. The number of carbonyl (C=O) groups is 1. The molecule has 1 aromatic carbocycles. The minimum absolute atomic E-state index is 0.135. The van der Waals surface area contributed by atoms with Crippen molar-refractivity contribution in [1.82, 2.24) is 15.3 Å². The standard InChI is InChI=1S/C18H24N4O2/c1-4-5-8-11-24-14-10-7-6-9-13(14)16-15(17(23)20-3)12(2)21-18(19)22-16/h6-7,9-10H,4-5,8,11H2,1-3H3,(H,20,23)(H2,19,21,22). The lowest BCUT2D eigenvalue weighted by Crippen LogP contribution is -2.22. The molecule has 0 atom stereocenters. The third-order valence-corrected chi connectivity index (χ3v) is 3.71. The Kier molecular flexibility index (Phi) is 6.12. The Hall–Kier alpha value is -2.63. The predicted octanol–water partition coefficient (Wildman–Crippen LogP) is 2.96. The number of unbranched alkanes of at least 4 members (excludes halogenated alkanes) is 2. The van der Waals surface area contributed by atoms with Gasteiger partial charge in [0.25, 0.3) is 5.91 Å². The molecule has 6 heteroatoms. The average Bonchev–Trinajstić information content (AvgIpc) is 2.58. The monoisotopic (exact) mass is 328 g/mol. The minimum Gasteiger partial charge on any atom is -0.493 e. The van der Waals surface area contributed by atoms with Crippen molar-refractivity contribution in [3.8, 4) is 17.0 Å². The number of nitrogens with zero attached hydrogens (tertiary/aromatic N) is 2. The molecule has 1 heterocycles. The summed E-state index contributed by atoms with van der Waals surface area (Å²) < 4.78 is 5.91. The first-order chi connectivity index (χ1) is 11.6. The Labute approximate surface area is 142 Å². The first-order valence-electron chi connectivity index (χ1n) is 8.16. The highest BCUT2D eigenvalue weighted by Gasteiger charge is 2.20. The van der Waals surface area contributed by atoms with E-state index in [9.17, 15) is 4.79 Å². The summed E-state index contributed by atoms with van der Waals surface area (Å²) in [5, 5.41) is 2.63. The van der Waals surface area contributed by atoms with E-state index in [1.807, 2.05) is 24.3 Å². The lowest BCUT2D eigenvalue weighted by Gasteiger charge is -2.15. The van der Waals surface area contributed by atoms with Crippen LogP contribution in [0.5, 0.6) is 5.75 Å². The van der Waals surface area contributed by atoms with Crippen molar-refractivity contribution in [1.29, 1.82) is 0 Å². The van der Waals surface area contributed by atoms with Crippen molar-refractivity contribution < 1.29 is 9.53 Å². The fraction of sp³-hybridized carbons (Fsp3) is 0.389. The second-order valence-electron chi connectivity index (χ2n) is 5.52. The van der Waals surface area contributed by atoms with Gasteiger partial charge in [0.15, 0.2) is 0 Å². The predicted molar refractivity (Wildman–Crippen MR) is 95.0 cm³/mol. The number of anilines is 1. The highest BCUT2D eigenvalue weighted by Crippen LogP contribution is 2.32. The van der Waals surface area contributed by atoms with Gasteiger partial charge in [-0.05, 0) is 25.5 Å². The summed E-state index contributed by atoms with van der Waals surface area (Å²) >= 11 is 0. The number of hydrogen-bond donors (Lipinski definition) is 2. The maximum atomic E-state index is 12.3. The smallest absolute Gasteiger partial charge is 0.255 e. The van der Waals surface area contributed by atoms with Crippen LogP contribution in [0.3, 0.4) is 0 Å². The summed E-state index contributed by atoms with van der Waals surface area (Å²) in [5.41, 5.74) is 7.99. The molecule has 1 amide bonds. The molecule has 0 fully saturated rings. The lowest BCUT2D eigenvalue weighted by atomic mass is 10.0. The molecule has 2 aromatic rings. The number of amides is 1. The quantitative estimate of drug-likeness (QED) is 0.763. The molecule has 24 heavy (non-hydrogen) atoms. The fourth-order valence-electron chi connectivity index (χ4n) is 2.51. The lowest BCUT2D eigenvalue weighted by molar-refractivity contribution is 0.0962. The van der Waals surface area contributed by atoms with E-state index in [2.05, 4.69) is 22.2 Å². The molecule has 0 saturated carbocycles. The van der Waals surface area contributed by atoms with Crippen LogP contribution in [0.1, 0.15) is 42.2 Å². The molecule has 0 unspecified atom stereocenters. The maximum Gasteiger partial charge on any atom is 0.255 e. The number of benzene rings is 1. The van der Waals surface area contributed by atoms with Crippen LogP contribution in [-0.2, 0) is 0 Å². The zero-order valence-corrected chi connectivity index (χ0v) is 14.4. The van der Waals surface area contributed by atoms with Crippen molar-refractivity contribution in [2.24, 2.45) is 0 Å². The number of nitrogen functional groups attached to an aromatic ring is 1. The number of aromatic nitrogens is 2. The van der Waals surface area contributed by atoms with Crippen molar-refractivity contribution >= 4 is 11.9 Å². The third-order valence-electron chi connectivity index (χ3n) is 3.71. The van der Waals surface area contributed by atoms with Gasteiger partial charge in [0.1, 0.15) is 5.75 Å². The van der Waals surface area contributed by atoms with Crippen LogP contribution in [-0.4, -0.2) is 29.5 Å². The van der Waals surface area contributed by atoms with Crippen molar-refractivity contribution in [2.75, 3.05) is 19.4 Å². The van der Waals surface area contributed by atoms with Crippen molar-refractivity contribution in [3.63, 3.8) is 0 Å². The Morgan fingerprint density at radius 2 is 2.00 bits per heavy atom. The summed E-state index contributed by atoms with van der Waals surface area (Å²) in [6, 6.07) is 7.54. The first-order valence-corrected chi connectivity index (χ1v) is 8.16. The van der Waals surface area contributed by atoms with Gasteiger partial charge in [-0.3, -0.25) is 4.79 Å². The number of aryl methyl sites for hydroxylation is 1. The van der Waals surface area contributed by atoms with Crippen LogP contribution in [0.2, 0.25) is 0 Å². The molecule has 0 aliphatic rings. The number of nitrogens with two attached hydrogens (primary N) is 1. The number of carbonyl (C=O) groups excluding carboxylic acids is 1. The van der Waals surface area contributed by atoms with E-state index in [0.29, 0.717) is 29.3 Å². The van der Waals surface area contributed by atoms with Crippen LogP contribution in [0.15, 0.2) is 24.3 Å². The third kappa shape index (κ3) is 4.01. The normalized spacial score (nSPS) is 10.5. The largest absolute Gasteiger partial charge is 0.493 e. The second-order valence-corrected chi connectivity index (χ2v) is 5.52. The van der Waals surface area contributed by atoms with Gasteiger partial charge >= 0.3 is 0 Å². The Morgan fingerprint density at radius 1 is 1.25 bits per heavy atom. The highest BCUT2D eigenvalue weighted by atomic mass is 16.5. The van der Waals surface area contributed by atoms with Gasteiger partial charge in [0.2, 0.25) is 5.95 Å². The van der Waals surface area contributed by atoms with Gasteiger partial charge in [-0.1, -0.05) is 31.9 Å². The average molecular weight is 328 g/mol. The molecule has 0 aliphatic heterocycles. The van der Waals surface area contributed by atoms with Crippen molar-refractivity contribution in [2.45, 2.75) is 33.1 Å². The Balaban J connectivity index is 2.46. The van der Waals surface area contributed by atoms with E-state index in [4.69, 9.17) is 10.5 Å². The molecule has 128 valence electrons. The molecule has 0 aliphatic carbocycles. The zero-order valence-electron chi connectivity index (χ0n) is 14.4. The number of hydrogen-bond acceptors (Lipinski definition) is 5. The van der Waals surface area contributed by atoms with Crippen LogP contribution in [0.25, 0.3) is 11.3 Å². The number of para-hydroxylation sites is 1. The van der Waals surface area contributed by atoms with E-state index in [0.717, 1.165) is 24.8 Å². The molecule has 0 saturated heterocycles. The molecule has 3 N–H and O–H groups in total. The first kappa shape index (κ1) is 17.7. The van der Waals surface area contributed by atoms with Crippen molar-refractivity contribution in [3.05, 3.63) is 35.5 Å². The van der Waals surface area contributed by atoms with Gasteiger partial charge in [-0.15, -0.1) is 0 Å². The van der Waals surface area contributed by atoms with E-state index in [-0.39, 0.29) is 11.9 Å². The zero-order chi connectivity index (χ0) is 17.5. The summed E-state index contributed by atoms with van der Waals surface area (Å²) in [7, 11) is 1.58. The van der Waals surface area contributed by atoms with Gasteiger partial charge in [-0.2, -0.15) is 0 Å². The van der Waals surface area contributed by atoms with Crippen LogP contribution < -0.4 is 15.8 Å². The van der Waals surface area contributed by atoms with E-state index in [1.54, 1.807) is 14.0 Å². The second kappa shape index (κ2) is 8.29. The maximum absolute atomic E-state index is 12.3. The van der Waals surface area contributed by atoms with E-state index < -0.39 is 0 Å². The van der Waals surface area contributed by atoms with Gasteiger partial charge in [0, 0.05) is 12.6 Å². The molecule has 6 nitrogen and oxygen atoms in total. The SMILES string of the molecule is CCCCCOc1ccccc1-c1nc(N)nc(C)c1C(=O)NC. The summed E-state index contributed by atoms with van der Waals surface area (Å²) in [5.74, 6) is 0.579. The van der Waals surface area contributed by atoms with Gasteiger partial charge in [-0.25, -0.2) is 9.97 Å². The van der Waals surface area contributed by atoms with E-state index >= 15 is 0 Å². The minimum atomic E-state index is -0.247. The van der Waals surface area contributed by atoms with E-state index in [1.165, 1.54) is 0 Å². The molecule has 2 rings (SSSR count). The summed E-state index contributed by atoms with van der Waals surface area (Å²) in [4.78, 5) is 20.7. The molecule has 0 bridgehead atoms. The van der Waals surface area contributed by atoms with Gasteiger partial charge in [0.05, 0.1) is 23.6 Å². The topological polar surface area (TPSA) is 90.1 Å². The molecule has 1 aromatic heterocycles.